The van der Waals surface area contributed by atoms with Crippen LogP contribution in [0.5, 0.6) is 5.75 Å². The lowest BCUT2D eigenvalue weighted by molar-refractivity contribution is 0.368. The summed E-state index contributed by atoms with van der Waals surface area (Å²) >= 11 is 5.47. The van der Waals surface area contributed by atoms with E-state index >= 15 is 0 Å². The zero-order valence-corrected chi connectivity index (χ0v) is 7.16. The van der Waals surface area contributed by atoms with Crippen LogP contribution in [0.1, 0.15) is 5.56 Å². The van der Waals surface area contributed by atoms with E-state index < -0.39 is 11.6 Å². The first-order chi connectivity index (χ1) is 5.70. The van der Waals surface area contributed by atoms with Crippen LogP contribution in [0.15, 0.2) is 12.1 Å². The standard InChI is InChI=1S/C8H7ClF2O/c1-12-8-5(4-9)2-3-6(10)7(8)11/h2-3H,4H2,1H3. The third kappa shape index (κ3) is 1.50. The second-order valence-electron chi connectivity index (χ2n) is 2.19. The van der Waals surface area contributed by atoms with E-state index in [1.54, 1.807) is 0 Å². The topological polar surface area (TPSA) is 9.23 Å². The van der Waals surface area contributed by atoms with Gasteiger partial charge in [-0.15, -0.1) is 11.6 Å². The summed E-state index contributed by atoms with van der Waals surface area (Å²) in [5.41, 5.74) is 0.443. The van der Waals surface area contributed by atoms with Gasteiger partial charge in [0.15, 0.2) is 11.6 Å². The fourth-order valence-corrected chi connectivity index (χ4v) is 1.11. The molecule has 0 N–H and O–H groups in total. The predicted molar refractivity (Wildman–Crippen MR) is 42.5 cm³/mol. The van der Waals surface area contributed by atoms with Crippen LogP contribution >= 0.6 is 11.6 Å². The Morgan fingerprint density at radius 1 is 1.42 bits per heavy atom. The lowest BCUT2D eigenvalue weighted by atomic mass is 10.2. The van der Waals surface area contributed by atoms with Gasteiger partial charge >= 0.3 is 0 Å². The summed E-state index contributed by atoms with van der Waals surface area (Å²) in [6.45, 7) is 0. The fraction of sp³-hybridized carbons (Fsp3) is 0.250. The van der Waals surface area contributed by atoms with E-state index in [4.69, 9.17) is 11.6 Å². The van der Waals surface area contributed by atoms with Gasteiger partial charge in [0, 0.05) is 5.56 Å². The molecule has 0 aliphatic rings. The highest BCUT2D eigenvalue weighted by atomic mass is 35.5. The first-order valence-corrected chi connectivity index (χ1v) is 3.81. The highest BCUT2D eigenvalue weighted by Crippen LogP contribution is 2.25. The monoisotopic (exact) mass is 192 g/mol. The Labute approximate surface area is 73.9 Å². The molecule has 0 heterocycles. The van der Waals surface area contributed by atoms with E-state index in [2.05, 4.69) is 4.74 Å². The number of hydrogen-bond donors (Lipinski definition) is 0. The van der Waals surface area contributed by atoms with E-state index in [1.807, 2.05) is 0 Å². The Kier molecular flexibility index (Phi) is 2.87. The van der Waals surface area contributed by atoms with Gasteiger partial charge in [0.25, 0.3) is 0 Å². The van der Waals surface area contributed by atoms with Crippen molar-refractivity contribution < 1.29 is 13.5 Å². The van der Waals surface area contributed by atoms with Crippen LogP contribution in [-0.4, -0.2) is 7.11 Å². The first-order valence-electron chi connectivity index (χ1n) is 3.27. The maximum absolute atomic E-state index is 12.9. The zero-order chi connectivity index (χ0) is 9.14. The zero-order valence-electron chi connectivity index (χ0n) is 6.40. The number of rotatable bonds is 2. The maximum atomic E-state index is 12.9. The van der Waals surface area contributed by atoms with Gasteiger partial charge in [0.05, 0.1) is 13.0 Å². The molecule has 1 rings (SSSR count). The number of alkyl halides is 1. The Morgan fingerprint density at radius 2 is 2.08 bits per heavy atom. The summed E-state index contributed by atoms with van der Waals surface area (Å²) in [4.78, 5) is 0. The second-order valence-corrected chi connectivity index (χ2v) is 2.45. The molecular weight excluding hydrogens is 186 g/mol. The Bertz CT molecular complexity index is 289. The molecule has 0 atom stereocenters. The average molecular weight is 193 g/mol. The van der Waals surface area contributed by atoms with Crippen LogP contribution in [0, 0.1) is 11.6 Å². The predicted octanol–water partition coefficient (Wildman–Crippen LogP) is 2.71. The van der Waals surface area contributed by atoms with Gasteiger partial charge < -0.3 is 4.74 Å². The van der Waals surface area contributed by atoms with E-state index in [0.29, 0.717) is 5.56 Å². The SMILES string of the molecule is COc1c(CCl)ccc(F)c1F. The van der Waals surface area contributed by atoms with Crippen molar-refractivity contribution in [1.29, 1.82) is 0 Å². The van der Waals surface area contributed by atoms with Crippen LogP contribution < -0.4 is 4.74 Å². The van der Waals surface area contributed by atoms with Crippen LogP contribution in [0.3, 0.4) is 0 Å². The highest BCUT2D eigenvalue weighted by molar-refractivity contribution is 6.17. The van der Waals surface area contributed by atoms with Gasteiger partial charge in [-0.3, -0.25) is 0 Å². The molecule has 4 heteroatoms. The van der Waals surface area contributed by atoms with E-state index in [9.17, 15) is 8.78 Å². The Morgan fingerprint density at radius 3 is 2.58 bits per heavy atom. The second kappa shape index (κ2) is 3.72. The molecule has 0 unspecified atom stereocenters. The third-order valence-electron chi connectivity index (χ3n) is 1.48. The molecule has 12 heavy (non-hydrogen) atoms. The van der Waals surface area contributed by atoms with Crippen molar-refractivity contribution in [2.45, 2.75) is 5.88 Å². The molecule has 0 radical (unpaired) electrons. The fourth-order valence-electron chi connectivity index (χ4n) is 0.898. The molecule has 0 amide bonds. The van der Waals surface area contributed by atoms with Crippen molar-refractivity contribution in [2.75, 3.05) is 7.11 Å². The minimum Gasteiger partial charge on any atom is -0.493 e. The molecule has 0 aromatic heterocycles. The lowest BCUT2D eigenvalue weighted by Crippen LogP contribution is -1.96. The molecule has 1 aromatic rings. The number of halogens is 3. The molecule has 0 aliphatic carbocycles. The van der Waals surface area contributed by atoms with Gasteiger partial charge in [0.1, 0.15) is 0 Å². The number of methoxy groups -OCH3 is 1. The Hall–Kier alpha value is -0.830. The summed E-state index contributed by atoms with van der Waals surface area (Å²) in [7, 11) is 1.27. The van der Waals surface area contributed by atoms with Crippen molar-refractivity contribution in [3.63, 3.8) is 0 Å². The average Bonchev–Trinajstić information content (AvgIpc) is 2.09. The van der Waals surface area contributed by atoms with E-state index in [-0.39, 0.29) is 11.6 Å². The summed E-state index contributed by atoms with van der Waals surface area (Å²) in [5.74, 6) is -1.94. The summed E-state index contributed by atoms with van der Waals surface area (Å²) in [5, 5.41) is 0. The van der Waals surface area contributed by atoms with Gasteiger partial charge in [-0.1, -0.05) is 6.07 Å². The third-order valence-corrected chi connectivity index (χ3v) is 1.77. The van der Waals surface area contributed by atoms with Crippen molar-refractivity contribution in [2.24, 2.45) is 0 Å². The van der Waals surface area contributed by atoms with Gasteiger partial charge in [-0.2, -0.15) is 4.39 Å². The molecule has 0 fully saturated rings. The van der Waals surface area contributed by atoms with Gasteiger partial charge in [-0.25, -0.2) is 4.39 Å². The molecule has 0 spiro atoms. The summed E-state index contributed by atoms with van der Waals surface area (Å²) in [6, 6.07) is 2.42. The molecular formula is C8H7ClF2O. The van der Waals surface area contributed by atoms with E-state index in [0.717, 1.165) is 6.07 Å². The Balaban J connectivity index is 3.25. The first kappa shape index (κ1) is 9.26. The van der Waals surface area contributed by atoms with Crippen molar-refractivity contribution >= 4 is 11.6 Å². The lowest BCUT2D eigenvalue weighted by Gasteiger charge is -2.06. The molecule has 1 nitrogen and oxygen atoms in total. The minimum absolute atomic E-state index is 0.0976. The van der Waals surface area contributed by atoms with Crippen LogP contribution in [0.4, 0.5) is 8.78 Å². The quantitative estimate of drug-likeness (QED) is 0.655. The largest absolute Gasteiger partial charge is 0.493 e. The molecule has 0 aliphatic heterocycles. The number of benzene rings is 1. The highest BCUT2D eigenvalue weighted by Gasteiger charge is 2.12. The molecule has 0 saturated carbocycles. The van der Waals surface area contributed by atoms with Crippen molar-refractivity contribution in [1.82, 2.24) is 0 Å². The molecule has 0 saturated heterocycles. The van der Waals surface area contributed by atoms with Crippen LogP contribution in [0.25, 0.3) is 0 Å². The molecule has 0 bridgehead atoms. The van der Waals surface area contributed by atoms with Gasteiger partial charge in [0.2, 0.25) is 5.82 Å². The minimum atomic E-state index is -0.990. The molecule has 1 aromatic carbocycles. The maximum Gasteiger partial charge on any atom is 0.200 e. The van der Waals surface area contributed by atoms with Crippen LogP contribution in [-0.2, 0) is 5.88 Å². The van der Waals surface area contributed by atoms with Gasteiger partial charge in [-0.05, 0) is 6.07 Å². The summed E-state index contributed by atoms with van der Waals surface area (Å²) in [6.07, 6.45) is 0. The van der Waals surface area contributed by atoms with E-state index in [1.165, 1.54) is 13.2 Å². The number of ether oxygens (including phenoxy) is 1. The summed E-state index contributed by atoms with van der Waals surface area (Å²) < 4.78 is 30.1. The van der Waals surface area contributed by atoms with Crippen LogP contribution in [0.2, 0.25) is 0 Å². The van der Waals surface area contributed by atoms with Crippen molar-refractivity contribution in [3.05, 3.63) is 29.3 Å². The molecule has 66 valence electrons. The van der Waals surface area contributed by atoms with Crippen molar-refractivity contribution in [3.8, 4) is 5.75 Å². The number of hydrogen-bond acceptors (Lipinski definition) is 1. The normalized spacial score (nSPS) is 10.0. The smallest absolute Gasteiger partial charge is 0.200 e.